The molecule has 1 nitrogen and oxygen atoms in total. The Hall–Kier alpha value is -0.380. The summed E-state index contributed by atoms with van der Waals surface area (Å²) in [5.41, 5.74) is 0.997. The molecule has 88 valence electrons. The zero-order chi connectivity index (χ0) is 12.3. The van der Waals surface area contributed by atoms with Crippen molar-refractivity contribution in [3.05, 3.63) is 33.4 Å². The third-order valence-corrected chi connectivity index (χ3v) is 3.83. The van der Waals surface area contributed by atoms with Crippen molar-refractivity contribution in [2.24, 2.45) is 11.3 Å². The van der Waals surface area contributed by atoms with Crippen molar-refractivity contribution >= 4 is 28.4 Å². The van der Waals surface area contributed by atoms with Gasteiger partial charge in [0.15, 0.2) is 0 Å². The molecule has 2 heteroatoms. The molecule has 1 rings (SSSR count). The molecule has 0 aliphatic rings. The maximum Gasteiger partial charge on any atom is 0.141 e. The molecule has 0 bridgehead atoms. The first-order valence-corrected chi connectivity index (χ1v) is 6.70. The Morgan fingerprint density at radius 2 is 1.88 bits per heavy atom. The minimum absolute atomic E-state index is 0.108. The molecule has 0 aliphatic carbocycles. The Morgan fingerprint density at radius 3 is 2.38 bits per heavy atom. The second-order valence-electron chi connectivity index (χ2n) is 5.17. The molecule has 0 aromatic heterocycles. The van der Waals surface area contributed by atoms with E-state index in [1.807, 2.05) is 39.8 Å². The van der Waals surface area contributed by atoms with Gasteiger partial charge in [-0.2, -0.15) is 0 Å². The molecule has 16 heavy (non-hydrogen) atoms. The maximum atomic E-state index is 12.1. The Kier molecular flexibility index (Phi) is 4.53. The van der Waals surface area contributed by atoms with Crippen LogP contribution in [0.3, 0.4) is 0 Å². The van der Waals surface area contributed by atoms with E-state index in [0.717, 1.165) is 6.42 Å². The smallest absolute Gasteiger partial charge is 0.141 e. The molecule has 0 unspecified atom stereocenters. The van der Waals surface area contributed by atoms with Crippen molar-refractivity contribution < 1.29 is 4.79 Å². The summed E-state index contributed by atoms with van der Waals surface area (Å²) in [5.74, 6) is 0.448. The van der Waals surface area contributed by atoms with Crippen molar-refractivity contribution in [1.82, 2.24) is 0 Å². The van der Waals surface area contributed by atoms with Crippen LogP contribution in [-0.2, 0) is 11.2 Å². The van der Waals surface area contributed by atoms with Gasteiger partial charge in [-0.3, -0.25) is 4.79 Å². The van der Waals surface area contributed by atoms with E-state index in [9.17, 15) is 4.79 Å². The van der Waals surface area contributed by atoms with Crippen molar-refractivity contribution in [2.45, 2.75) is 34.1 Å². The average molecular weight is 330 g/mol. The normalized spacial score (nSPS) is 11.9. The van der Waals surface area contributed by atoms with Crippen LogP contribution in [0.25, 0.3) is 0 Å². The highest BCUT2D eigenvalue weighted by molar-refractivity contribution is 14.1. The fourth-order valence-corrected chi connectivity index (χ4v) is 2.56. The molecule has 1 aromatic carbocycles. The van der Waals surface area contributed by atoms with Crippen LogP contribution in [0, 0.1) is 14.9 Å². The standard InChI is InChI=1S/C14H19IO/c1-10(2)13(16)14(3,4)9-11-7-5-6-8-12(11)15/h5-8,10H,9H2,1-4H3. The topological polar surface area (TPSA) is 17.1 Å². The van der Waals surface area contributed by atoms with E-state index in [1.165, 1.54) is 9.13 Å². The molecular formula is C14H19IO. The van der Waals surface area contributed by atoms with Crippen LogP contribution >= 0.6 is 22.6 Å². The third kappa shape index (κ3) is 3.30. The lowest BCUT2D eigenvalue weighted by atomic mass is 9.78. The highest BCUT2D eigenvalue weighted by Gasteiger charge is 2.29. The number of carbonyl (C=O) groups excluding carboxylic acids is 1. The molecule has 0 aliphatic heterocycles. The lowest BCUT2D eigenvalue weighted by molar-refractivity contribution is -0.130. The first-order valence-electron chi connectivity index (χ1n) is 5.62. The molecule has 0 amide bonds. The SMILES string of the molecule is CC(C)C(=O)C(C)(C)Cc1ccccc1I. The summed E-state index contributed by atoms with van der Waals surface area (Å²) >= 11 is 2.33. The zero-order valence-electron chi connectivity index (χ0n) is 10.4. The number of hydrogen-bond donors (Lipinski definition) is 0. The highest BCUT2D eigenvalue weighted by Crippen LogP contribution is 2.28. The van der Waals surface area contributed by atoms with Gasteiger partial charge in [-0.25, -0.2) is 0 Å². The van der Waals surface area contributed by atoms with E-state index < -0.39 is 0 Å². The zero-order valence-corrected chi connectivity index (χ0v) is 12.5. The quantitative estimate of drug-likeness (QED) is 0.760. The summed E-state index contributed by atoms with van der Waals surface area (Å²) in [6, 6.07) is 8.26. The first-order chi connectivity index (χ1) is 7.34. The molecule has 0 N–H and O–H groups in total. The van der Waals surface area contributed by atoms with Crippen LogP contribution in [0.1, 0.15) is 33.3 Å². The van der Waals surface area contributed by atoms with Crippen molar-refractivity contribution in [1.29, 1.82) is 0 Å². The Bertz CT molecular complexity index is 380. The van der Waals surface area contributed by atoms with Gasteiger partial charge in [-0.1, -0.05) is 45.9 Å². The lowest BCUT2D eigenvalue weighted by Crippen LogP contribution is -2.30. The number of carbonyl (C=O) groups is 1. The third-order valence-electron chi connectivity index (χ3n) is 2.78. The second-order valence-corrected chi connectivity index (χ2v) is 6.33. The van der Waals surface area contributed by atoms with E-state index in [4.69, 9.17) is 0 Å². The summed E-state index contributed by atoms with van der Waals surface area (Å²) in [4.78, 5) is 12.1. The van der Waals surface area contributed by atoms with Crippen LogP contribution in [-0.4, -0.2) is 5.78 Å². The second kappa shape index (κ2) is 5.30. The van der Waals surface area contributed by atoms with Gasteiger partial charge in [0.2, 0.25) is 0 Å². The lowest BCUT2D eigenvalue weighted by Gasteiger charge is -2.25. The largest absolute Gasteiger partial charge is 0.299 e. The molecule has 1 aromatic rings. The van der Waals surface area contributed by atoms with E-state index in [2.05, 4.69) is 34.7 Å². The van der Waals surface area contributed by atoms with Crippen molar-refractivity contribution in [2.75, 3.05) is 0 Å². The van der Waals surface area contributed by atoms with E-state index >= 15 is 0 Å². The highest BCUT2D eigenvalue weighted by atomic mass is 127. The van der Waals surface area contributed by atoms with Gasteiger partial charge in [-0.05, 0) is 40.6 Å². The molecule has 0 radical (unpaired) electrons. The average Bonchev–Trinajstić information content (AvgIpc) is 2.20. The fraction of sp³-hybridized carbons (Fsp3) is 0.500. The van der Waals surface area contributed by atoms with Crippen LogP contribution < -0.4 is 0 Å². The maximum absolute atomic E-state index is 12.1. The van der Waals surface area contributed by atoms with E-state index in [-0.39, 0.29) is 11.3 Å². The van der Waals surface area contributed by atoms with E-state index in [0.29, 0.717) is 5.78 Å². The summed E-state index contributed by atoms with van der Waals surface area (Å²) in [5, 5.41) is 0. The van der Waals surface area contributed by atoms with Gasteiger partial charge in [0.1, 0.15) is 5.78 Å². The van der Waals surface area contributed by atoms with Gasteiger partial charge < -0.3 is 0 Å². The summed E-state index contributed by atoms with van der Waals surface area (Å²) < 4.78 is 1.24. The Balaban J connectivity index is 2.89. The summed E-state index contributed by atoms with van der Waals surface area (Å²) in [6.45, 7) is 8.02. The molecular weight excluding hydrogens is 311 g/mol. The molecule has 0 fully saturated rings. The van der Waals surface area contributed by atoms with Gasteiger partial charge in [-0.15, -0.1) is 0 Å². The molecule has 0 atom stereocenters. The van der Waals surface area contributed by atoms with Crippen LogP contribution in [0.5, 0.6) is 0 Å². The predicted octanol–water partition coefficient (Wildman–Crippen LogP) is 4.09. The number of Topliss-reactive ketones (excluding diaryl/α,β-unsaturated/α-hetero) is 1. The number of hydrogen-bond acceptors (Lipinski definition) is 1. The predicted molar refractivity (Wildman–Crippen MR) is 76.5 cm³/mol. The van der Waals surface area contributed by atoms with Crippen LogP contribution in [0.2, 0.25) is 0 Å². The Labute approximate surface area is 112 Å². The first kappa shape index (κ1) is 13.7. The van der Waals surface area contributed by atoms with Crippen molar-refractivity contribution in [3.8, 4) is 0 Å². The minimum atomic E-state index is -0.268. The van der Waals surface area contributed by atoms with Gasteiger partial charge in [0, 0.05) is 14.9 Å². The minimum Gasteiger partial charge on any atom is -0.299 e. The summed E-state index contributed by atoms with van der Waals surface area (Å²) in [6.07, 6.45) is 0.823. The number of ketones is 1. The molecule has 0 heterocycles. The van der Waals surface area contributed by atoms with Crippen LogP contribution in [0.4, 0.5) is 0 Å². The molecule has 0 spiro atoms. The van der Waals surface area contributed by atoms with Crippen molar-refractivity contribution in [3.63, 3.8) is 0 Å². The number of benzene rings is 1. The van der Waals surface area contributed by atoms with Gasteiger partial charge in [0.05, 0.1) is 0 Å². The van der Waals surface area contributed by atoms with Crippen LogP contribution in [0.15, 0.2) is 24.3 Å². The van der Waals surface area contributed by atoms with Gasteiger partial charge >= 0.3 is 0 Å². The number of halogens is 1. The van der Waals surface area contributed by atoms with Gasteiger partial charge in [0.25, 0.3) is 0 Å². The fourth-order valence-electron chi connectivity index (χ4n) is 1.99. The van der Waals surface area contributed by atoms with E-state index in [1.54, 1.807) is 0 Å². The summed E-state index contributed by atoms with van der Waals surface area (Å²) in [7, 11) is 0. The molecule has 0 saturated carbocycles. The number of rotatable bonds is 4. The monoisotopic (exact) mass is 330 g/mol. The Morgan fingerprint density at radius 1 is 1.31 bits per heavy atom. The molecule has 0 saturated heterocycles.